The van der Waals surface area contributed by atoms with Crippen LogP contribution in [0, 0.1) is 0 Å². The van der Waals surface area contributed by atoms with Crippen molar-refractivity contribution in [3.05, 3.63) is 12.2 Å². The quantitative estimate of drug-likeness (QED) is 0.662. The van der Waals surface area contributed by atoms with Crippen LogP contribution >= 0.6 is 0 Å². The molecule has 0 amide bonds. The van der Waals surface area contributed by atoms with Gasteiger partial charge < -0.3 is 10.5 Å². The lowest BCUT2D eigenvalue weighted by molar-refractivity contribution is 0.142. The molecule has 5 nitrogen and oxygen atoms in total. The number of aromatic nitrogens is 3. The fourth-order valence-corrected chi connectivity index (χ4v) is 1.77. The van der Waals surface area contributed by atoms with Crippen LogP contribution in [-0.4, -0.2) is 34.0 Å². The molecule has 0 aliphatic heterocycles. The molecule has 1 heterocycles. The Kier molecular flexibility index (Phi) is 6.81. The Morgan fingerprint density at radius 1 is 1.47 bits per heavy atom. The van der Waals surface area contributed by atoms with Crippen molar-refractivity contribution < 1.29 is 4.74 Å². The smallest absolute Gasteiger partial charge is 0.138 e. The van der Waals surface area contributed by atoms with Gasteiger partial charge in [0, 0.05) is 32.2 Å². The van der Waals surface area contributed by atoms with Crippen LogP contribution in [0.15, 0.2) is 6.33 Å². The summed E-state index contributed by atoms with van der Waals surface area (Å²) < 4.78 is 7.24. The second-order valence-electron chi connectivity index (χ2n) is 4.20. The van der Waals surface area contributed by atoms with Gasteiger partial charge in [-0.25, -0.2) is 4.98 Å². The number of nitrogens with zero attached hydrogens (tertiary/aromatic N) is 3. The molecule has 0 spiro atoms. The summed E-state index contributed by atoms with van der Waals surface area (Å²) in [5.74, 6) is 0.996. The maximum Gasteiger partial charge on any atom is 0.138 e. The van der Waals surface area contributed by atoms with Crippen molar-refractivity contribution in [1.82, 2.24) is 14.8 Å². The summed E-state index contributed by atoms with van der Waals surface area (Å²) in [5.41, 5.74) is 6.08. The Bertz CT molecular complexity index is 300. The van der Waals surface area contributed by atoms with Crippen molar-refractivity contribution >= 4 is 0 Å². The molecule has 0 aliphatic rings. The monoisotopic (exact) mass is 240 g/mol. The van der Waals surface area contributed by atoms with E-state index in [1.807, 2.05) is 11.6 Å². The van der Waals surface area contributed by atoms with Crippen molar-refractivity contribution in [2.75, 3.05) is 13.2 Å². The molecule has 0 aliphatic carbocycles. The van der Waals surface area contributed by atoms with Crippen molar-refractivity contribution in [1.29, 1.82) is 0 Å². The van der Waals surface area contributed by atoms with Gasteiger partial charge in [0.25, 0.3) is 0 Å². The molecular weight excluding hydrogens is 216 g/mol. The molecule has 0 bridgehead atoms. The predicted octanol–water partition coefficient (Wildman–Crippen LogP) is 1.37. The van der Waals surface area contributed by atoms with Crippen molar-refractivity contribution in [3.8, 4) is 0 Å². The van der Waals surface area contributed by atoms with Crippen molar-refractivity contribution in [2.45, 2.75) is 52.1 Å². The number of hydrogen-bond acceptors (Lipinski definition) is 4. The minimum absolute atomic E-state index is 0.148. The first-order chi connectivity index (χ1) is 8.27. The van der Waals surface area contributed by atoms with Crippen LogP contribution in [0.1, 0.15) is 38.9 Å². The average molecular weight is 240 g/mol. The van der Waals surface area contributed by atoms with Gasteiger partial charge in [0.15, 0.2) is 0 Å². The first kappa shape index (κ1) is 14.1. The van der Waals surface area contributed by atoms with E-state index in [-0.39, 0.29) is 6.04 Å². The molecule has 1 rings (SSSR count). The SMILES string of the molecule is CCCn1ncnc1CC(N)CCCOCC. The van der Waals surface area contributed by atoms with E-state index in [0.29, 0.717) is 0 Å². The van der Waals surface area contributed by atoms with E-state index in [2.05, 4.69) is 17.0 Å². The number of rotatable bonds is 9. The molecule has 0 saturated carbocycles. The third-order valence-corrected chi connectivity index (χ3v) is 2.64. The summed E-state index contributed by atoms with van der Waals surface area (Å²) in [6.45, 7) is 6.63. The average Bonchev–Trinajstić information content (AvgIpc) is 2.73. The first-order valence-electron chi connectivity index (χ1n) is 6.47. The molecule has 2 N–H and O–H groups in total. The molecule has 0 saturated heterocycles. The zero-order valence-electron chi connectivity index (χ0n) is 10.9. The molecule has 1 aromatic rings. The van der Waals surface area contributed by atoms with Crippen LogP contribution in [0.2, 0.25) is 0 Å². The second-order valence-corrected chi connectivity index (χ2v) is 4.20. The van der Waals surface area contributed by atoms with Gasteiger partial charge in [-0.2, -0.15) is 5.10 Å². The predicted molar refractivity (Wildman–Crippen MR) is 67.7 cm³/mol. The normalized spacial score (nSPS) is 12.9. The molecule has 0 fully saturated rings. The molecule has 0 aromatic carbocycles. The summed E-state index contributed by atoms with van der Waals surface area (Å²) >= 11 is 0. The molecule has 1 unspecified atom stereocenters. The summed E-state index contributed by atoms with van der Waals surface area (Å²) in [4.78, 5) is 4.26. The minimum atomic E-state index is 0.148. The Hall–Kier alpha value is -0.940. The van der Waals surface area contributed by atoms with Crippen molar-refractivity contribution in [2.24, 2.45) is 5.73 Å². The molecule has 98 valence electrons. The first-order valence-corrected chi connectivity index (χ1v) is 6.47. The minimum Gasteiger partial charge on any atom is -0.382 e. The van der Waals surface area contributed by atoms with Gasteiger partial charge in [-0.3, -0.25) is 4.68 Å². The fourth-order valence-electron chi connectivity index (χ4n) is 1.77. The Morgan fingerprint density at radius 3 is 3.00 bits per heavy atom. The van der Waals surface area contributed by atoms with E-state index in [4.69, 9.17) is 10.5 Å². The van der Waals surface area contributed by atoms with Crippen LogP contribution in [0.4, 0.5) is 0 Å². The van der Waals surface area contributed by atoms with Crippen LogP contribution in [0.25, 0.3) is 0 Å². The highest BCUT2D eigenvalue weighted by Gasteiger charge is 2.09. The van der Waals surface area contributed by atoms with Crippen LogP contribution in [0.3, 0.4) is 0 Å². The zero-order chi connectivity index (χ0) is 12.5. The summed E-state index contributed by atoms with van der Waals surface area (Å²) in [6, 6.07) is 0.148. The lowest BCUT2D eigenvalue weighted by atomic mass is 10.1. The summed E-state index contributed by atoms with van der Waals surface area (Å²) in [5, 5.41) is 4.19. The van der Waals surface area contributed by atoms with Crippen LogP contribution in [0.5, 0.6) is 0 Å². The van der Waals surface area contributed by atoms with E-state index in [0.717, 1.165) is 51.3 Å². The Balaban J connectivity index is 2.29. The number of hydrogen-bond donors (Lipinski definition) is 1. The molecule has 17 heavy (non-hydrogen) atoms. The molecule has 0 radical (unpaired) electrons. The second kappa shape index (κ2) is 8.20. The van der Waals surface area contributed by atoms with Gasteiger partial charge in [-0.15, -0.1) is 0 Å². The topological polar surface area (TPSA) is 66.0 Å². The van der Waals surface area contributed by atoms with E-state index in [1.54, 1.807) is 6.33 Å². The van der Waals surface area contributed by atoms with E-state index in [1.165, 1.54) is 0 Å². The van der Waals surface area contributed by atoms with Gasteiger partial charge in [-0.1, -0.05) is 6.92 Å². The van der Waals surface area contributed by atoms with Gasteiger partial charge in [0.1, 0.15) is 12.2 Å². The van der Waals surface area contributed by atoms with Crippen LogP contribution in [-0.2, 0) is 17.7 Å². The van der Waals surface area contributed by atoms with Crippen molar-refractivity contribution in [3.63, 3.8) is 0 Å². The van der Waals surface area contributed by atoms with E-state index < -0.39 is 0 Å². The fraction of sp³-hybridized carbons (Fsp3) is 0.833. The van der Waals surface area contributed by atoms with Gasteiger partial charge in [0.2, 0.25) is 0 Å². The van der Waals surface area contributed by atoms with E-state index >= 15 is 0 Å². The molecule has 1 atom stereocenters. The summed E-state index contributed by atoms with van der Waals surface area (Å²) in [7, 11) is 0. The highest BCUT2D eigenvalue weighted by molar-refractivity contribution is 4.88. The standard InChI is InChI=1S/C12H24N4O/c1-3-7-16-12(14-10-15-16)9-11(13)6-5-8-17-4-2/h10-11H,3-9,13H2,1-2H3. The third kappa shape index (κ3) is 5.28. The van der Waals surface area contributed by atoms with Gasteiger partial charge >= 0.3 is 0 Å². The van der Waals surface area contributed by atoms with E-state index in [9.17, 15) is 0 Å². The number of aryl methyl sites for hydroxylation is 1. The lowest BCUT2D eigenvalue weighted by Gasteiger charge is -2.11. The molecular formula is C12H24N4O. The molecule has 5 heteroatoms. The zero-order valence-corrected chi connectivity index (χ0v) is 10.9. The third-order valence-electron chi connectivity index (χ3n) is 2.64. The Labute approximate surface area is 103 Å². The maximum atomic E-state index is 6.08. The van der Waals surface area contributed by atoms with Crippen LogP contribution < -0.4 is 5.73 Å². The van der Waals surface area contributed by atoms with Gasteiger partial charge in [0.05, 0.1) is 0 Å². The maximum absolute atomic E-state index is 6.08. The Morgan fingerprint density at radius 2 is 2.29 bits per heavy atom. The molecule has 1 aromatic heterocycles. The summed E-state index contributed by atoms with van der Waals surface area (Å²) in [6.07, 6.45) is 5.45. The van der Waals surface area contributed by atoms with Gasteiger partial charge in [-0.05, 0) is 26.2 Å². The number of ether oxygens (including phenoxy) is 1. The highest BCUT2D eigenvalue weighted by atomic mass is 16.5. The number of nitrogens with two attached hydrogens (primary N) is 1. The largest absolute Gasteiger partial charge is 0.382 e. The highest BCUT2D eigenvalue weighted by Crippen LogP contribution is 2.04. The lowest BCUT2D eigenvalue weighted by Crippen LogP contribution is -2.25.